The maximum atomic E-state index is 11.8. The van der Waals surface area contributed by atoms with E-state index in [2.05, 4.69) is 4.98 Å². The molecule has 1 aromatic carbocycles. The molecular weight excluding hydrogens is 292 g/mol. The van der Waals surface area contributed by atoms with Crippen LogP contribution in [-0.4, -0.2) is 17.6 Å². The number of carbonyl (C=O) groups is 1. The molecule has 0 radical (unpaired) electrons. The highest BCUT2D eigenvalue weighted by molar-refractivity contribution is 6.32. The van der Waals surface area contributed by atoms with Gasteiger partial charge in [0, 0.05) is 6.20 Å². The summed E-state index contributed by atoms with van der Waals surface area (Å²) in [7, 11) is 0. The minimum atomic E-state index is -0.516. The molecule has 0 atom stereocenters. The monoisotopic (exact) mass is 306 g/mol. The molecule has 1 aromatic heterocycles. The van der Waals surface area contributed by atoms with E-state index in [9.17, 15) is 4.79 Å². The van der Waals surface area contributed by atoms with Crippen LogP contribution in [0.5, 0.6) is 11.6 Å². The SMILES string of the molecule is CCOC(=O)c1ccnc(Oc2ccc(C)cc2Cl)c1N. The van der Waals surface area contributed by atoms with Crippen molar-refractivity contribution >= 4 is 23.3 Å². The molecule has 0 saturated heterocycles. The average Bonchev–Trinajstić information content (AvgIpc) is 2.44. The van der Waals surface area contributed by atoms with Crippen LogP contribution < -0.4 is 10.5 Å². The van der Waals surface area contributed by atoms with E-state index < -0.39 is 5.97 Å². The Morgan fingerprint density at radius 3 is 2.81 bits per heavy atom. The number of nitrogens with zero attached hydrogens (tertiary/aromatic N) is 1. The molecule has 0 amide bonds. The van der Waals surface area contributed by atoms with Crippen molar-refractivity contribution in [3.05, 3.63) is 46.6 Å². The van der Waals surface area contributed by atoms with Crippen molar-refractivity contribution in [1.29, 1.82) is 0 Å². The first-order valence-electron chi connectivity index (χ1n) is 6.38. The molecule has 0 saturated carbocycles. The van der Waals surface area contributed by atoms with Gasteiger partial charge in [0.05, 0.1) is 17.2 Å². The summed E-state index contributed by atoms with van der Waals surface area (Å²) >= 11 is 6.10. The molecule has 2 aromatic rings. The standard InChI is InChI=1S/C15H15ClN2O3/c1-3-20-15(19)10-6-7-18-14(13(10)17)21-12-5-4-9(2)8-11(12)16/h4-8H,3,17H2,1-2H3. The van der Waals surface area contributed by atoms with E-state index in [4.69, 9.17) is 26.8 Å². The number of benzene rings is 1. The summed E-state index contributed by atoms with van der Waals surface area (Å²) < 4.78 is 10.5. The fourth-order valence-electron chi connectivity index (χ4n) is 1.71. The summed E-state index contributed by atoms with van der Waals surface area (Å²) in [5.74, 6) is 0.0195. The zero-order valence-electron chi connectivity index (χ0n) is 11.7. The molecule has 0 aliphatic carbocycles. The van der Waals surface area contributed by atoms with Gasteiger partial charge in [-0.15, -0.1) is 0 Å². The van der Waals surface area contributed by atoms with Crippen molar-refractivity contribution in [3.63, 3.8) is 0 Å². The Kier molecular flexibility index (Phi) is 4.65. The Hall–Kier alpha value is -2.27. The van der Waals surface area contributed by atoms with E-state index in [1.807, 2.05) is 13.0 Å². The van der Waals surface area contributed by atoms with Crippen molar-refractivity contribution in [2.24, 2.45) is 0 Å². The number of nitrogen functional groups attached to an aromatic ring is 1. The largest absolute Gasteiger partial charge is 0.462 e. The number of aryl methyl sites for hydroxylation is 1. The molecule has 0 unspecified atom stereocenters. The molecule has 6 heteroatoms. The predicted octanol–water partition coefficient (Wildman–Crippen LogP) is 3.59. The lowest BCUT2D eigenvalue weighted by Gasteiger charge is -2.11. The zero-order valence-corrected chi connectivity index (χ0v) is 12.5. The molecule has 0 fully saturated rings. The summed E-state index contributed by atoms with van der Waals surface area (Å²) in [6.45, 7) is 3.91. The van der Waals surface area contributed by atoms with Crippen LogP contribution in [0.25, 0.3) is 0 Å². The number of nitrogens with two attached hydrogens (primary N) is 1. The highest BCUT2D eigenvalue weighted by Crippen LogP contribution is 2.33. The molecule has 0 aliphatic heterocycles. The summed E-state index contributed by atoms with van der Waals surface area (Å²) in [6, 6.07) is 6.82. The van der Waals surface area contributed by atoms with E-state index in [0.29, 0.717) is 10.8 Å². The molecule has 1 heterocycles. The van der Waals surface area contributed by atoms with Gasteiger partial charge in [-0.05, 0) is 37.6 Å². The van der Waals surface area contributed by atoms with E-state index in [-0.39, 0.29) is 23.7 Å². The molecule has 5 nitrogen and oxygen atoms in total. The molecule has 0 aliphatic rings. The van der Waals surface area contributed by atoms with Gasteiger partial charge < -0.3 is 15.2 Å². The second-order valence-corrected chi connectivity index (χ2v) is 4.74. The predicted molar refractivity (Wildman–Crippen MR) is 80.9 cm³/mol. The average molecular weight is 307 g/mol. The fraction of sp³-hybridized carbons (Fsp3) is 0.200. The fourth-order valence-corrected chi connectivity index (χ4v) is 1.99. The zero-order chi connectivity index (χ0) is 15.4. The Bertz CT molecular complexity index is 674. The highest BCUT2D eigenvalue weighted by Gasteiger charge is 2.16. The summed E-state index contributed by atoms with van der Waals surface area (Å²) in [5, 5.41) is 0.442. The third-order valence-electron chi connectivity index (χ3n) is 2.74. The van der Waals surface area contributed by atoms with Crippen molar-refractivity contribution in [2.75, 3.05) is 12.3 Å². The number of aromatic nitrogens is 1. The van der Waals surface area contributed by atoms with Crippen LogP contribution in [0, 0.1) is 6.92 Å². The second-order valence-electron chi connectivity index (χ2n) is 4.33. The molecular formula is C15H15ClN2O3. The smallest absolute Gasteiger partial charge is 0.340 e. The van der Waals surface area contributed by atoms with Gasteiger partial charge in [-0.2, -0.15) is 0 Å². The van der Waals surface area contributed by atoms with Crippen LogP contribution >= 0.6 is 11.6 Å². The van der Waals surface area contributed by atoms with Crippen molar-refractivity contribution in [2.45, 2.75) is 13.8 Å². The summed E-state index contributed by atoms with van der Waals surface area (Å²) in [5.41, 5.74) is 7.25. The van der Waals surface area contributed by atoms with Crippen molar-refractivity contribution in [3.8, 4) is 11.6 Å². The Morgan fingerprint density at radius 2 is 2.14 bits per heavy atom. The van der Waals surface area contributed by atoms with Crippen LogP contribution in [0.1, 0.15) is 22.8 Å². The molecule has 2 rings (SSSR count). The van der Waals surface area contributed by atoms with E-state index >= 15 is 0 Å². The van der Waals surface area contributed by atoms with E-state index in [0.717, 1.165) is 5.56 Å². The second kappa shape index (κ2) is 6.45. The summed E-state index contributed by atoms with van der Waals surface area (Å²) in [4.78, 5) is 15.8. The number of carbonyl (C=O) groups excluding carboxylic acids is 1. The maximum absolute atomic E-state index is 11.8. The van der Waals surface area contributed by atoms with Crippen molar-refractivity contribution < 1.29 is 14.3 Å². The van der Waals surface area contributed by atoms with Gasteiger partial charge in [0.1, 0.15) is 11.4 Å². The highest BCUT2D eigenvalue weighted by atomic mass is 35.5. The number of pyridine rings is 1. The Labute approximate surface area is 127 Å². The van der Waals surface area contributed by atoms with Gasteiger partial charge in [-0.3, -0.25) is 0 Å². The summed E-state index contributed by atoms with van der Waals surface area (Å²) in [6.07, 6.45) is 1.43. The molecule has 0 bridgehead atoms. The third kappa shape index (κ3) is 3.44. The lowest BCUT2D eigenvalue weighted by molar-refractivity contribution is 0.0527. The first kappa shape index (κ1) is 15.1. The van der Waals surface area contributed by atoms with Crippen LogP contribution in [-0.2, 0) is 4.74 Å². The number of halogens is 1. The minimum Gasteiger partial charge on any atom is -0.462 e. The molecule has 110 valence electrons. The Balaban J connectivity index is 2.32. The van der Waals surface area contributed by atoms with E-state index in [1.165, 1.54) is 12.3 Å². The molecule has 21 heavy (non-hydrogen) atoms. The van der Waals surface area contributed by atoms with Gasteiger partial charge in [0.15, 0.2) is 0 Å². The number of hydrogen-bond donors (Lipinski definition) is 1. The molecule has 2 N–H and O–H groups in total. The number of rotatable bonds is 4. The minimum absolute atomic E-state index is 0.117. The van der Waals surface area contributed by atoms with Gasteiger partial charge in [0.25, 0.3) is 0 Å². The van der Waals surface area contributed by atoms with Crippen LogP contribution in [0.2, 0.25) is 5.02 Å². The molecule has 0 spiro atoms. The lowest BCUT2D eigenvalue weighted by Crippen LogP contribution is -2.09. The normalized spacial score (nSPS) is 10.2. The number of anilines is 1. The first-order valence-corrected chi connectivity index (χ1v) is 6.76. The van der Waals surface area contributed by atoms with Crippen LogP contribution in [0.3, 0.4) is 0 Å². The van der Waals surface area contributed by atoms with Crippen LogP contribution in [0.4, 0.5) is 5.69 Å². The maximum Gasteiger partial charge on any atom is 0.340 e. The van der Waals surface area contributed by atoms with Gasteiger partial charge >= 0.3 is 5.97 Å². The lowest BCUT2D eigenvalue weighted by atomic mass is 10.2. The number of hydrogen-bond acceptors (Lipinski definition) is 5. The Morgan fingerprint density at radius 1 is 1.38 bits per heavy atom. The van der Waals surface area contributed by atoms with Gasteiger partial charge in [-0.25, -0.2) is 9.78 Å². The topological polar surface area (TPSA) is 74.4 Å². The van der Waals surface area contributed by atoms with Gasteiger partial charge in [0.2, 0.25) is 5.88 Å². The van der Waals surface area contributed by atoms with Crippen LogP contribution in [0.15, 0.2) is 30.5 Å². The van der Waals surface area contributed by atoms with Crippen molar-refractivity contribution in [1.82, 2.24) is 4.98 Å². The first-order chi connectivity index (χ1) is 10.0. The third-order valence-corrected chi connectivity index (χ3v) is 3.04. The van der Waals surface area contributed by atoms with Gasteiger partial charge in [-0.1, -0.05) is 17.7 Å². The number of ether oxygens (including phenoxy) is 2. The van der Waals surface area contributed by atoms with E-state index in [1.54, 1.807) is 19.1 Å². The number of esters is 1. The quantitative estimate of drug-likeness (QED) is 0.874.